The van der Waals surface area contributed by atoms with Crippen molar-refractivity contribution in [2.24, 2.45) is 0 Å². The van der Waals surface area contributed by atoms with Crippen molar-refractivity contribution in [3.8, 4) is 0 Å². The molecule has 1 aliphatic heterocycles. The van der Waals surface area contributed by atoms with E-state index in [4.69, 9.17) is 4.98 Å². The summed E-state index contributed by atoms with van der Waals surface area (Å²) >= 11 is 0. The number of aromatic nitrogens is 4. The average Bonchev–Trinajstić information content (AvgIpc) is 2.67. The molecule has 3 aromatic rings. The van der Waals surface area contributed by atoms with Crippen LogP contribution in [-0.4, -0.2) is 43.8 Å². The second-order valence-corrected chi connectivity index (χ2v) is 6.76. The summed E-state index contributed by atoms with van der Waals surface area (Å²) in [5.74, 6) is 0.962. The lowest BCUT2D eigenvalue weighted by atomic mass is 9.92. The summed E-state index contributed by atoms with van der Waals surface area (Å²) in [5, 5.41) is 0.981. The maximum Gasteiger partial charge on any atom is 0.255 e. The number of hydrogen-bond acceptors (Lipinski definition) is 5. The van der Waals surface area contributed by atoms with Crippen LogP contribution in [0.3, 0.4) is 0 Å². The lowest BCUT2D eigenvalue weighted by Crippen LogP contribution is -2.39. The Morgan fingerprint density at radius 3 is 2.77 bits per heavy atom. The minimum Gasteiger partial charge on any atom is -0.338 e. The smallest absolute Gasteiger partial charge is 0.255 e. The third-order valence-corrected chi connectivity index (χ3v) is 4.95. The molecule has 4 heterocycles. The topological polar surface area (TPSA) is 71.9 Å². The van der Waals surface area contributed by atoms with Crippen molar-refractivity contribution < 1.29 is 4.79 Å². The zero-order chi connectivity index (χ0) is 18.1. The average molecular weight is 347 g/mol. The molecule has 1 amide bonds. The van der Waals surface area contributed by atoms with E-state index in [0.717, 1.165) is 47.6 Å². The molecule has 26 heavy (non-hydrogen) atoms. The zero-order valence-electron chi connectivity index (χ0n) is 15.0. The first-order valence-electron chi connectivity index (χ1n) is 8.93. The number of fused-ring (bicyclic) bond motifs is 1. The molecule has 0 aromatic carbocycles. The Balaban J connectivity index is 1.66. The highest BCUT2D eigenvalue weighted by atomic mass is 16.2. The molecule has 132 valence electrons. The lowest BCUT2D eigenvalue weighted by Gasteiger charge is -2.33. The van der Waals surface area contributed by atoms with Gasteiger partial charge in [0.2, 0.25) is 0 Å². The number of hydrogen-bond donors (Lipinski definition) is 0. The molecular weight excluding hydrogens is 326 g/mol. The van der Waals surface area contributed by atoms with Gasteiger partial charge in [0.15, 0.2) is 5.65 Å². The summed E-state index contributed by atoms with van der Waals surface area (Å²) in [4.78, 5) is 32.7. The molecule has 0 radical (unpaired) electrons. The quantitative estimate of drug-likeness (QED) is 0.712. The highest BCUT2D eigenvalue weighted by Crippen LogP contribution is 2.30. The van der Waals surface area contributed by atoms with E-state index in [-0.39, 0.29) is 11.8 Å². The van der Waals surface area contributed by atoms with E-state index in [1.807, 2.05) is 43.0 Å². The number of carbonyl (C=O) groups excluding carboxylic acids is 1. The normalized spacial score (nSPS) is 17.5. The summed E-state index contributed by atoms with van der Waals surface area (Å²) in [7, 11) is 0. The fourth-order valence-electron chi connectivity index (χ4n) is 3.68. The van der Waals surface area contributed by atoms with Crippen LogP contribution in [0, 0.1) is 13.8 Å². The van der Waals surface area contributed by atoms with Crippen molar-refractivity contribution in [1.29, 1.82) is 0 Å². The molecule has 0 bridgehead atoms. The standard InChI is InChI=1S/C20H21N5O/c1-13-16(7-3-9-21-13)20(26)25-11-5-6-15(12-25)18-17-8-4-10-22-19(17)24-14(2)23-18/h3-4,7-10,15H,5-6,11-12H2,1-2H3. The van der Waals surface area contributed by atoms with Crippen molar-refractivity contribution in [2.75, 3.05) is 13.1 Å². The van der Waals surface area contributed by atoms with Crippen LogP contribution in [0.15, 0.2) is 36.7 Å². The van der Waals surface area contributed by atoms with E-state index in [0.29, 0.717) is 12.1 Å². The maximum absolute atomic E-state index is 13.0. The molecule has 0 spiro atoms. The first-order chi connectivity index (χ1) is 12.6. The van der Waals surface area contributed by atoms with E-state index in [9.17, 15) is 4.79 Å². The largest absolute Gasteiger partial charge is 0.338 e. The third-order valence-electron chi connectivity index (χ3n) is 4.95. The maximum atomic E-state index is 13.0. The first kappa shape index (κ1) is 16.6. The summed E-state index contributed by atoms with van der Waals surface area (Å²) in [6, 6.07) is 7.59. The van der Waals surface area contributed by atoms with Crippen LogP contribution in [-0.2, 0) is 0 Å². The SMILES string of the molecule is Cc1nc(C2CCCN(C(=O)c3cccnc3C)C2)c2cccnc2n1. The van der Waals surface area contributed by atoms with Crippen LogP contribution in [0.1, 0.15) is 46.3 Å². The Bertz CT molecular complexity index is 971. The predicted molar refractivity (Wildman–Crippen MR) is 98.9 cm³/mol. The number of piperidine rings is 1. The van der Waals surface area contributed by atoms with Crippen LogP contribution in [0.2, 0.25) is 0 Å². The van der Waals surface area contributed by atoms with Crippen molar-refractivity contribution in [3.05, 3.63) is 59.4 Å². The van der Waals surface area contributed by atoms with Gasteiger partial charge in [0.1, 0.15) is 5.82 Å². The van der Waals surface area contributed by atoms with Crippen LogP contribution < -0.4 is 0 Å². The van der Waals surface area contributed by atoms with E-state index < -0.39 is 0 Å². The van der Waals surface area contributed by atoms with Gasteiger partial charge in [0, 0.05) is 42.5 Å². The molecule has 3 aromatic heterocycles. The molecular formula is C20H21N5O. The molecule has 6 nitrogen and oxygen atoms in total. The molecule has 4 rings (SSSR count). The molecule has 1 atom stereocenters. The van der Waals surface area contributed by atoms with Crippen molar-refractivity contribution in [3.63, 3.8) is 0 Å². The number of likely N-dealkylation sites (tertiary alicyclic amines) is 1. The van der Waals surface area contributed by atoms with Crippen molar-refractivity contribution in [1.82, 2.24) is 24.8 Å². The number of carbonyl (C=O) groups is 1. The first-order valence-corrected chi connectivity index (χ1v) is 8.93. The van der Waals surface area contributed by atoms with Crippen molar-refractivity contribution >= 4 is 16.9 Å². The molecule has 6 heteroatoms. The minimum atomic E-state index is 0.0495. The predicted octanol–water partition coefficient (Wildman–Crippen LogP) is 3.06. The van der Waals surface area contributed by atoms with Gasteiger partial charge in [-0.15, -0.1) is 0 Å². The van der Waals surface area contributed by atoms with Crippen molar-refractivity contribution in [2.45, 2.75) is 32.6 Å². The van der Waals surface area contributed by atoms with E-state index in [1.165, 1.54) is 0 Å². The second-order valence-electron chi connectivity index (χ2n) is 6.76. The minimum absolute atomic E-state index is 0.0495. The fraction of sp³-hybridized carbons (Fsp3) is 0.350. The van der Waals surface area contributed by atoms with Gasteiger partial charge < -0.3 is 4.90 Å². The van der Waals surface area contributed by atoms with E-state index in [1.54, 1.807) is 12.4 Å². The van der Waals surface area contributed by atoms with Gasteiger partial charge in [0.05, 0.1) is 11.3 Å². The molecule has 1 saturated heterocycles. The van der Waals surface area contributed by atoms with E-state index in [2.05, 4.69) is 15.0 Å². The van der Waals surface area contributed by atoms with E-state index >= 15 is 0 Å². The Morgan fingerprint density at radius 1 is 1.12 bits per heavy atom. The molecule has 0 aliphatic carbocycles. The van der Waals surface area contributed by atoms with Gasteiger partial charge in [-0.25, -0.2) is 15.0 Å². The Hall–Kier alpha value is -2.89. The summed E-state index contributed by atoms with van der Waals surface area (Å²) < 4.78 is 0. The van der Waals surface area contributed by atoms with Gasteiger partial charge in [-0.2, -0.15) is 0 Å². The Morgan fingerprint density at radius 2 is 1.92 bits per heavy atom. The summed E-state index contributed by atoms with van der Waals surface area (Å²) in [6.45, 7) is 5.20. The van der Waals surface area contributed by atoms with Gasteiger partial charge >= 0.3 is 0 Å². The highest BCUT2D eigenvalue weighted by molar-refractivity contribution is 5.95. The van der Waals surface area contributed by atoms with Crippen LogP contribution in [0.4, 0.5) is 0 Å². The van der Waals surface area contributed by atoms with Crippen LogP contribution in [0.5, 0.6) is 0 Å². The molecule has 0 N–H and O–H groups in total. The number of pyridine rings is 2. The Kier molecular flexibility index (Phi) is 4.32. The molecule has 1 aliphatic rings. The molecule has 0 saturated carbocycles. The van der Waals surface area contributed by atoms with Gasteiger partial charge in [0.25, 0.3) is 5.91 Å². The highest BCUT2D eigenvalue weighted by Gasteiger charge is 2.28. The van der Waals surface area contributed by atoms with Gasteiger partial charge in [-0.1, -0.05) is 0 Å². The molecule has 1 fully saturated rings. The molecule has 1 unspecified atom stereocenters. The number of amides is 1. The zero-order valence-corrected chi connectivity index (χ0v) is 15.0. The third kappa shape index (κ3) is 3.03. The lowest BCUT2D eigenvalue weighted by molar-refractivity contribution is 0.0705. The number of rotatable bonds is 2. The summed E-state index contributed by atoms with van der Waals surface area (Å²) in [5.41, 5.74) is 3.17. The van der Waals surface area contributed by atoms with Gasteiger partial charge in [-0.05, 0) is 51.0 Å². The number of nitrogens with zero attached hydrogens (tertiary/aromatic N) is 5. The fourth-order valence-corrected chi connectivity index (χ4v) is 3.68. The summed E-state index contributed by atoms with van der Waals surface area (Å²) in [6.07, 6.45) is 5.44. The number of aryl methyl sites for hydroxylation is 2. The Labute approximate surface area is 152 Å². The van der Waals surface area contributed by atoms with Crippen LogP contribution >= 0.6 is 0 Å². The van der Waals surface area contributed by atoms with Crippen LogP contribution in [0.25, 0.3) is 11.0 Å². The van der Waals surface area contributed by atoms with Gasteiger partial charge in [-0.3, -0.25) is 9.78 Å². The second kappa shape index (κ2) is 6.78. The monoisotopic (exact) mass is 347 g/mol.